The van der Waals surface area contributed by atoms with E-state index >= 15 is 0 Å². The highest BCUT2D eigenvalue weighted by atomic mass is 79.9. The topological polar surface area (TPSA) is 0 Å². The number of allylic oxidation sites excluding steroid dienone is 2. The van der Waals surface area contributed by atoms with Crippen LogP contribution < -0.4 is 0 Å². The van der Waals surface area contributed by atoms with Crippen LogP contribution in [-0.2, 0) is 0 Å². The lowest BCUT2D eigenvalue weighted by Crippen LogP contribution is -1.95. The lowest BCUT2D eigenvalue weighted by molar-refractivity contribution is 0.713. The van der Waals surface area contributed by atoms with Crippen molar-refractivity contribution in [2.24, 2.45) is 0 Å². The third-order valence-corrected chi connectivity index (χ3v) is 2.72. The highest BCUT2D eigenvalue weighted by Crippen LogP contribution is 2.26. The second kappa shape index (κ2) is 5.82. The SMILES string of the molecule is C=CCC(CC=C)c1cccc(Br)c1. The summed E-state index contributed by atoms with van der Waals surface area (Å²) in [7, 11) is 0. The molecule has 1 rings (SSSR count). The van der Waals surface area contributed by atoms with E-state index in [1.54, 1.807) is 0 Å². The molecule has 0 aliphatic heterocycles. The number of rotatable bonds is 5. The van der Waals surface area contributed by atoms with Gasteiger partial charge in [0.2, 0.25) is 0 Å². The van der Waals surface area contributed by atoms with E-state index in [9.17, 15) is 0 Å². The third kappa shape index (κ3) is 3.15. The normalized spacial score (nSPS) is 10.1. The fourth-order valence-electron chi connectivity index (χ4n) is 1.53. The monoisotopic (exact) mass is 250 g/mol. The van der Waals surface area contributed by atoms with E-state index in [4.69, 9.17) is 0 Å². The van der Waals surface area contributed by atoms with Gasteiger partial charge in [-0.1, -0.05) is 40.2 Å². The summed E-state index contributed by atoms with van der Waals surface area (Å²) in [5.74, 6) is 0.516. The highest BCUT2D eigenvalue weighted by molar-refractivity contribution is 9.10. The number of hydrogen-bond donors (Lipinski definition) is 0. The molecule has 0 fully saturated rings. The molecule has 1 aromatic carbocycles. The maximum atomic E-state index is 3.78. The van der Waals surface area contributed by atoms with Crippen molar-refractivity contribution in [3.8, 4) is 0 Å². The fraction of sp³-hybridized carbons (Fsp3) is 0.231. The lowest BCUT2D eigenvalue weighted by Gasteiger charge is -2.13. The molecular formula is C13H15Br. The Hall–Kier alpha value is -0.820. The Labute approximate surface area is 94.5 Å². The van der Waals surface area contributed by atoms with Gasteiger partial charge in [0.1, 0.15) is 0 Å². The van der Waals surface area contributed by atoms with Gasteiger partial charge < -0.3 is 0 Å². The van der Waals surface area contributed by atoms with Gasteiger partial charge in [-0.25, -0.2) is 0 Å². The summed E-state index contributed by atoms with van der Waals surface area (Å²) < 4.78 is 1.13. The molecule has 0 heterocycles. The molecule has 1 aromatic rings. The molecule has 0 aliphatic rings. The summed E-state index contributed by atoms with van der Waals surface area (Å²) in [5, 5.41) is 0. The average molecular weight is 251 g/mol. The van der Waals surface area contributed by atoms with E-state index in [-0.39, 0.29) is 0 Å². The lowest BCUT2D eigenvalue weighted by atomic mass is 9.93. The molecule has 0 unspecified atom stereocenters. The van der Waals surface area contributed by atoms with Crippen molar-refractivity contribution in [1.82, 2.24) is 0 Å². The van der Waals surface area contributed by atoms with Gasteiger partial charge in [-0.3, -0.25) is 0 Å². The molecule has 0 aromatic heterocycles. The summed E-state index contributed by atoms with van der Waals surface area (Å²) in [5.41, 5.74) is 1.35. The van der Waals surface area contributed by atoms with Crippen LogP contribution in [0.3, 0.4) is 0 Å². The predicted molar refractivity (Wildman–Crippen MR) is 66.5 cm³/mol. The Morgan fingerprint density at radius 1 is 1.21 bits per heavy atom. The van der Waals surface area contributed by atoms with Crippen LogP contribution in [0, 0.1) is 0 Å². The maximum absolute atomic E-state index is 3.78. The van der Waals surface area contributed by atoms with Crippen LogP contribution >= 0.6 is 15.9 Å². The molecule has 0 amide bonds. The average Bonchev–Trinajstić information content (AvgIpc) is 2.17. The predicted octanol–water partition coefficient (Wildman–Crippen LogP) is 4.68. The van der Waals surface area contributed by atoms with Crippen molar-refractivity contribution in [2.45, 2.75) is 18.8 Å². The maximum Gasteiger partial charge on any atom is 0.0178 e. The van der Waals surface area contributed by atoms with E-state index in [0.717, 1.165) is 17.3 Å². The first-order valence-corrected chi connectivity index (χ1v) is 5.54. The summed E-state index contributed by atoms with van der Waals surface area (Å²) in [4.78, 5) is 0. The van der Waals surface area contributed by atoms with E-state index in [0.29, 0.717) is 5.92 Å². The molecule has 0 aliphatic carbocycles. The molecule has 0 N–H and O–H groups in total. The van der Waals surface area contributed by atoms with Crippen molar-refractivity contribution in [3.63, 3.8) is 0 Å². The molecule has 0 saturated heterocycles. The second-order valence-electron chi connectivity index (χ2n) is 3.30. The second-order valence-corrected chi connectivity index (χ2v) is 4.22. The first kappa shape index (κ1) is 11.3. The van der Waals surface area contributed by atoms with Crippen LogP contribution in [0.25, 0.3) is 0 Å². The minimum absolute atomic E-state index is 0.516. The zero-order chi connectivity index (χ0) is 10.4. The Kier molecular flexibility index (Phi) is 4.68. The van der Waals surface area contributed by atoms with Crippen molar-refractivity contribution in [2.75, 3.05) is 0 Å². The van der Waals surface area contributed by atoms with Gasteiger partial charge in [0.25, 0.3) is 0 Å². The first-order valence-electron chi connectivity index (χ1n) is 4.75. The summed E-state index contributed by atoms with van der Waals surface area (Å²) in [6.45, 7) is 7.57. The van der Waals surface area contributed by atoms with E-state index < -0.39 is 0 Å². The first-order chi connectivity index (χ1) is 6.77. The highest BCUT2D eigenvalue weighted by Gasteiger charge is 2.07. The van der Waals surface area contributed by atoms with Crippen LogP contribution in [-0.4, -0.2) is 0 Å². The Balaban J connectivity index is 2.85. The molecule has 0 atom stereocenters. The van der Waals surface area contributed by atoms with E-state index in [2.05, 4.69) is 47.3 Å². The van der Waals surface area contributed by atoms with Crippen LogP contribution in [0.15, 0.2) is 54.0 Å². The standard InChI is InChI=1S/C13H15Br/c1-3-6-11(7-4-2)12-8-5-9-13(14)10-12/h3-5,8-11H,1-2,6-7H2. The molecule has 0 radical (unpaired) electrons. The molecule has 14 heavy (non-hydrogen) atoms. The van der Waals surface area contributed by atoms with Gasteiger partial charge in [0.15, 0.2) is 0 Å². The van der Waals surface area contributed by atoms with Gasteiger partial charge in [-0.05, 0) is 36.5 Å². The number of benzene rings is 1. The molecular weight excluding hydrogens is 236 g/mol. The molecule has 0 saturated carbocycles. The summed E-state index contributed by atoms with van der Waals surface area (Å²) in [6, 6.07) is 8.43. The van der Waals surface area contributed by atoms with Gasteiger partial charge in [-0.15, -0.1) is 13.2 Å². The van der Waals surface area contributed by atoms with Crippen molar-refractivity contribution >= 4 is 15.9 Å². The molecule has 1 heteroatoms. The Morgan fingerprint density at radius 3 is 2.36 bits per heavy atom. The van der Waals surface area contributed by atoms with Crippen LogP contribution in [0.4, 0.5) is 0 Å². The van der Waals surface area contributed by atoms with Crippen molar-refractivity contribution in [1.29, 1.82) is 0 Å². The minimum Gasteiger partial charge on any atom is -0.103 e. The molecule has 0 nitrogen and oxygen atoms in total. The summed E-state index contributed by atoms with van der Waals surface area (Å²) in [6.07, 6.45) is 5.94. The van der Waals surface area contributed by atoms with E-state index in [1.165, 1.54) is 5.56 Å². The van der Waals surface area contributed by atoms with Crippen molar-refractivity contribution < 1.29 is 0 Å². The third-order valence-electron chi connectivity index (χ3n) is 2.22. The summed E-state index contributed by atoms with van der Waals surface area (Å²) >= 11 is 3.48. The largest absolute Gasteiger partial charge is 0.103 e. The molecule has 74 valence electrons. The fourth-order valence-corrected chi connectivity index (χ4v) is 1.95. The van der Waals surface area contributed by atoms with Gasteiger partial charge >= 0.3 is 0 Å². The number of halogens is 1. The number of hydrogen-bond acceptors (Lipinski definition) is 0. The smallest absolute Gasteiger partial charge is 0.0178 e. The van der Waals surface area contributed by atoms with Gasteiger partial charge in [0, 0.05) is 4.47 Å². The molecule has 0 bridgehead atoms. The minimum atomic E-state index is 0.516. The van der Waals surface area contributed by atoms with Gasteiger partial charge in [-0.2, -0.15) is 0 Å². The van der Waals surface area contributed by atoms with Crippen LogP contribution in [0.2, 0.25) is 0 Å². The Bertz CT molecular complexity index is 305. The molecule has 0 spiro atoms. The quantitative estimate of drug-likeness (QED) is 0.666. The zero-order valence-corrected chi connectivity index (χ0v) is 9.83. The van der Waals surface area contributed by atoms with E-state index in [1.807, 2.05) is 18.2 Å². The van der Waals surface area contributed by atoms with Gasteiger partial charge in [0.05, 0.1) is 0 Å². The van der Waals surface area contributed by atoms with Crippen LogP contribution in [0.1, 0.15) is 24.3 Å². The Morgan fingerprint density at radius 2 is 1.86 bits per heavy atom. The van der Waals surface area contributed by atoms with Crippen molar-refractivity contribution in [3.05, 3.63) is 59.6 Å². The van der Waals surface area contributed by atoms with Crippen LogP contribution in [0.5, 0.6) is 0 Å². The zero-order valence-electron chi connectivity index (χ0n) is 8.25.